The van der Waals surface area contributed by atoms with E-state index in [0.717, 1.165) is 6.54 Å². The zero-order valence-electron chi connectivity index (χ0n) is 13.5. The molecule has 0 atom stereocenters. The van der Waals surface area contributed by atoms with E-state index in [2.05, 4.69) is 23.8 Å². The number of nitro groups is 1. The van der Waals surface area contributed by atoms with Crippen LogP contribution in [0.3, 0.4) is 0 Å². The van der Waals surface area contributed by atoms with E-state index in [1.54, 1.807) is 4.68 Å². The molecule has 0 aromatic carbocycles. The fourth-order valence-corrected chi connectivity index (χ4v) is 3.24. The van der Waals surface area contributed by atoms with Crippen molar-refractivity contribution in [2.75, 3.05) is 19.6 Å². The van der Waals surface area contributed by atoms with Crippen molar-refractivity contribution in [3.8, 4) is 0 Å². The van der Waals surface area contributed by atoms with E-state index in [1.165, 1.54) is 12.4 Å². The molecule has 0 unspecified atom stereocenters. The van der Waals surface area contributed by atoms with Gasteiger partial charge in [0.2, 0.25) is 5.91 Å². The summed E-state index contributed by atoms with van der Waals surface area (Å²) >= 11 is 0. The van der Waals surface area contributed by atoms with Crippen LogP contribution < -0.4 is 0 Å². The van der Waals surface area contributed by atoms with Gasteiger partial charge in [-0.15, -0.1) is 0 Å². The van der Waals surface area contributed by atoms with Gasteiger partial charge in [0.1, 0.15) is 12.4 Å². The number of carbonyl (C=O) groups excluding carboxylic acids is 1. The van der Waals surface area contributed by atoms with Crippen molar-refractivity contribution < 1.29 is 9.72 Å². The molecule has 0 saturated carbocycles. The first-order valence-corrected chi connectivity index (χ1v) is 7.42. The number of amides is 1. The van der Waals surface area contributed by atoms with Crippen LogP contribution in [0.15, 0.2) is 12.4 Å². The molecule has 22 heavy (non-hydrogen) atoms. The molecule has 0 N–H and O–H groups in total. The zero-order chi connectivity index (χ0) is 16.5. The predicted octanol–water partition coefficient (Wildman–Crippen LogP) is 1.12. The second-order valence-electron chi connectivity index (χ2n) is 6.60. The summed E-state index contributed by atoms with van der Waals surface area (Å²) in [6.07, 6.45) is 2.66. The lowest BCUT2D eigenvalue weighted by atomic mass is 9.96. The van der Waals surface area contributed by atoms with Crippen LogP contribution >= 0.6 is 0 Å². The Hall–Kier alpha value is -1.96. The second kappa shape index (κ2) is 6.04. The lowest BCUT2D eigenvalue weighted by Gasteiger charge is -2.49. The topological polar surface area (TPSA) is 84.5 Å². The van der Waals surface area contributed by atoms with Crippen LogP contribution in [0.25, 0.3) is 0 Å². The normalized spacial score (nSPS) is 19.0. The van der Waals surface area contributed by atoms with Gasteiger partial charge in [-0.1, -0.05) is 0 Å². The Morgan fingerprint density at radius 3 is 2.59 bits per heavy atom. The summed E-state index contributed by atoms with van der Waals surface area (Å²) in [5.74, 6) is 0.123. The third kappa shape index (κ3) is 3.44. The van der Waals surface area contributed by atoms with Crippen molar-refractivity contribution in [2.45, 2.75) is 45.8 Å². The molecule has 2 rings (SSSR count). The standard InChI is InChI=1S/C14H23N5O3/c1-11(2)18-13(20)9-16(10-14(18,3)4)5-6-17-8-12(7-15-17)19(21)22/h7-8,11H,5-6,9-10H2,1-4H3. The summed E-state index contributed by atoms with van der Waals surface area (Å²) < 4.78 is 1.55. The van der Waals surface area contributed by atoms with E-state index in [-0.39, 0.29) is 23.2 Å². The highest BCUT2D eigenvalue weighted by Crippen LogP contribution is 2.24. The number of rotatable bonds is 5. The van der Waals surface area contributed by atoms with Crippen LogP contribution in [-0.2, 0) is 11.3 Å². The molecule has 8 heteroatoms. The van der Waals surface area contributed by atoms with Crippen molar-refractivity contribution in [3.63, 3.8) is 0 Å². The fourth-order valence-electron chi connectivity index (χ4n) is 3.24. The number of piperazine rings is 1. The lowest BCUT2D eigenvalue weighted by Crippen LogP contribution is -2.64. The molecule has 1 aromatic rings. The summed E-state index contributed by atoms with van der Waals surface area (Å²) in [5, 5.41) is 14.6. The molecule has 2 heterocycles. The van der Waals surface area contributed by atoms with Crippen molar-refractivity contribution >= 4 is 11.6 Å². The summed E-state index contributed by atoms with van der Waals surface area (Å²) in [6.45, 7) is 10.5. The molecule has 0 spiro atoms. The maximum atomic E-state index is 12.3. The van der Waals surface area contributed by atoms with Gasteiger partial charge in [0, 0.05) is 19.1 Å². The molecule has 0 aliphatic carbocycles. The van der Waals surface area contributed by atoms with Crippen LogP contribution in [0.2, 0.25) is 0 Å². The van der Waals surface area contributed by atoms with Gasteiger partial charge in [0.15, 0.2) is 0 Å². The van der Waals surface area contributed by atoms with Gasteiger partial charge >= 0.3 is 5.69 Å². The molecule has 8 nitrogen and oxygen atoms in total. The highest BCUT2D eigenvalue weighted by atomic mass is 16.6. The second-order valence-corrected chi connectivity index (χ2v) is 6.60. The Balaban J connectivity index is 1.97. The van der Waals surface area contributed by atoms with Crippen LogP contribution in [-0.4, -0.2) is 61.6 Å². The molecule has 1 amide bonds. The SMILES string of the molecule is CC(C)N1C(=O)CN(CCn2cc([N+](=O)[O-])cn2)CC1(C)C. The average molecular weight is 309 g/mol. The smallest absolute Gasteiger partial charge is 0.306 e. The minimum absolute atomic E-state index is 0.0129. The van der Waals surface area contributed by atoms with Gasteiger partial charge in [0.25, 0.3) is 0 Å². The molecule has 1 saturated heterocycles. The Morgan fingerprint density at radius 2 is 2.09 bits per heavy atom. The van der Waals surface area contributed by atoms with Gasteiger partial charge in [0.05, 0.1) is 23.6 Å². The Bertz CT molecular complexity index is 567. The lowest BCUT2D eigenvalue weighted by molar-refractivity contribution is -0.385. The van der Waals surface area contributed by atoms with Gasteiger partial charge in [-0.2, -0.15) is 5.10 Å². The van der Waals surface area contributed by atoms with Gasteiger partial charge in [-0.25, -0.2) is 0 Å². The van der Waals surface area contributed by atoms with E-state index in [1.807, 2.05) is 18.7 Å². The summed E-state index contributed by atoms with van der Waals surface area (Å²) in [4.78, 5) is 26.5. The van der Waals surface area contributed by atoms with Gasteiger partial charge in [-0.3, -0.25) is 24.5 Å². The molecule has 1 aliphatic rings. The van der Waals surface area contributed by atoms with E-state index >= 15 is 0 Å². The minimum Gasteiger partial charge on any atom is -0.333 e. The molecule has 0 bridgehead atoms. The summed E-state index contributed by atoms with van der Waals surface area (Å²) in [6, 6.07) is 0.179. The molecule has 0 radical (unpaired) electrons. The molecular weight excluding hydrogens is 286 g/mol. The van der Waals surface area contributed by atoms with Crippen LogP contribution in [0.4, 0.5) is 5.69 Å². The number of carbonyl (C=O) groups is 1. The Kier molecular flexibility index (Phi) is 4.50. The van der Waals surface area contributed by atoms with Crippen molar-refractivity contribution in [2.24, 2.45) is 0 Å². The van der Waals surface area contributed by atoms with E-state index in [9.17, 15) is 14.9 Å². The molecular formula is C14H23N5O3. The largest absolute Gasteiger partial charge is 0.333 e. The first kappa shape index (κ1) is 16.4. The first-order valence-electron chi connectivity index (χ1n) is 7.42. The van der Waals surface area contributed by atoms with Crippen molar-refractivity contribution in [1.82, 2.24) is 19.6 Å². The summed E-state index contributed by atoms with van der Waals surface area (Å²) in [5.41, 5.74) is -0.236. The highest BCUT2D eigenvalue weighted by Gasteiger charge is 2.39. The van der Waals surface area contributed by atoms with Gasteiger partial charge < -0.3 is 4.90 Å². The maximum absolute atomic E-state index is 12.3. The molecule has 1 fully saturated rings. The van der Waals surface area contributed by atoms with E-state index < -0.39 is 4.92 Å². The maximum Gasteiger partial charge on any atom is 0.306 e. The molecule has 122 valence electrons. The zero-order valence-corrected chi connectivity index (χ0v) is 13.5. The van der Waals surface area contributed by atoms with Crippen molar-refractivity contribution in [1.29, 1.82) is 0 Å². The fraction of sp³-hybridized carbons (Fsp3) is 0.714. The van der Waals surface area contributed by atoms with E-state index in [0.29, 0.717) is 19.6 Å². The number of nitrogens with zero attached hydrogens (tertiary/aromatic N) is 5. The number of aromatic nitrogens is 2. The Labute approximate surface area is 129 Å². The minimum atomic E-state index is -0.461. The van der Waals surface area contributed by atoms with Crippen molar-refractivity contribution in [3.05, 3.63) is 22.5 Å². The van der Waals surface area contributed by atoms with E-state index in [4.69, 9.17) is 0 Å². The highest BCUT2D eigenvalue weighted by molar-refractivity contribution is 5.80. The first-order chi connectivity index (χ1) is 10.2. The summed E-state index contributed by atoms with van der Waals surface area (Å²) in [7, 11) is 0. The monoisotopic (exact) mass is 309 g/mol. The number of hydrogen-bond donors (Lipinski definition) is 0. The number of hydrogen-bond acceptors (Lipinski definition) is 5. The molecule has 1 aliphatic heterocycles. The van der Waals surface area contributed by atoms with Crippen LogP contribution in [0, 0.1) is 10.1 Å². The third-order valence-corrected chi connectivity index (χ3v) is 3.88. The third-order valence-electron chi connectivity index (χ3n) is 3.88. The quantitative estimate of drug-likeness (QED) is 0.601. The average Bonchev–Trinajstić information content (AvgIpc) is 2.82. The molecule has 1 aromatic heterocycles. The van der Waals surface area contributed by atoms with Crippen LogP contribution in [0.1, 0.15) is 27.7 Å². The van der Waals surface area contributed by atoms with Gasteiger partial charge in [-0.05, 0) is 27.7 Å². The van der Waals surface area contributed by atoms with Crippen LogP contribution in [0.5, 0.6) is 0 Å². The predicted molar refractivity (Wildman–Crippen MR) is 81.4 cm³/mol. The Morgan fingerprint density at radius 1 is 1.41 bits per heavy atom.